The summed E-state index contributed by atoms with van der Waals surface area (Å²) in [5.74, 6) is 0.793. The van der Waals surface area contributed by atoms with Gasteiger partial charge in [-0.1, -0.05) is 23.8 Å². The van der Waals surface area contributed by atoms with Crippen molar-refractivity contribution >= 4 is 11.3 Å². The summed E-state index contributed by atoms with van der Waals surface area (Å²) in [6.45, 7) is 2.33. The maximum Gasteiger partial charge on any atom is 0.122 e. The van der Waals surface area contributed by atoms with Crippen molar-refractivity contribution in [1.29, 1.82) is 0 Å². The zero-order valence-corrected chi connectivity index (χ0v) is 9.91. The monoisotopic (exact) mass is 234 g/mol. The Bertz CT molecular complexity index is 420. The minimum absolute atomic E-state index is 0.295. The second-order valence-electron chi connectivity index (χ2n) is 3.66. The van der Waals surface area contributed by atoms with E-state index in [0.717, 1.165) is 10.6 Å². The van der Waals surface area contributed by atoms with Crippen LogP contribution < -0.4 is 4.74 Å². The molecule has 2 aromatic rings. The molecule has 1 atom stereocenters. The van der Waals surface area contributed by atoms with Crippen LogP contribution in [0.2, 0.25) is 0 Å². The fourth-order valence-corrected chi connectivity index (χ4v) is 2.07. The number of ether oxygens (including phenoxy) is 1. The molecule has 0 spiro atoms. The predicted molar refractivity (Wildman–Crippen MR) is 66.0 cm³/mol. The maximum atomic E-state index is 9.81. The van der Waals surface area contributed by atoms with Crippen LogP contribution in [0.4, 0.5) is 0 Å². The van der Waals surface area contributed by atoms with Crippen LogP contribution in [-0.4, -0.2) is 11.7 Å². The van der Waals surface area contributed by atoms with Gasteiger partial charge < -0.3 is 9.84 Å². The molecular weight excluding hydrogens is 220 g/mol. The van der Waals surface area contributed by atoms with Gasteiger partial charge in [-0.25, -0.2) is 0 Å². The summed E-state index contributed by atoms with van der Waals surface area (Å²) in [6.07, 6.45) is -0.540. The number of benzene rings is 1. The number of aliphatic hydroxyl groups is 1. The first-order chi connectivity index (χ1) is 7.75. The Morgan fingerprint density at radius 2 is 2.00 bits per heavy atom. The maximum absolute atomic E-state index is 9.81. The first kappa shape index (κ1) is 11.2. The predicted octanol–water partition coefficient (Wildman–Crippen LogP) is 3.17. The standard InChI is InChI=1S/C13H14O2S/c1-10-4-6-11(7-5-10)15-9-12(14)13-3-2-8-16-13/h2-8,12,14H,9H2,1H3. The first-order valence-corrected chi connectivity index (χ1v) is 6.04. The van der Waals surface area contributed by atoms with Gasteiger partial charge >= 0.3 is 0 Å². The third-order valence-corrected chi connectivity index (χ3v) is 3.27. The molecule has 2 nitrogen and oxygen atoms in total. The van der Waals surface area contributed by atoms with Crippen molar-refractivity contribution in [3.8, 4) is 5.75 Å². The highest BCUT2D eigenvalue weighted by Gasteiger charge is 2.08. The smallest absolute Gasteiger partial charge is 0.122 e. The summed E-state index contributed by atoms with van der Waals surface area (Å²) in [5.41, 5.74) is 1.20. The Kier molecular flexibility index (Phi) is 3.59. The molecule has 0 aliphatic rings. The summed E-state index contributed by atoms with van der Waals surface area (Å²) < 4.78 is 5.50. The molecule has 0 aliphatic carbocycles. The molecule has 0 saturated carbocycles. The SMILES string of the molecule is Cc1ccc(OCC(O)c2cccs2)cc1. The Labute approximate surface area is 99.1 Å². The minimum atomic E-state index is -0.540. The normalized spacial score (nSPS) is 12.4. The van der Waals surface area contributed by atoms with Gasteiger partial charge in [0.05, 0.1) is 0 Å². The second kappa shape index (κ2) is 5.14. The van der Waals surface area contributed by atoms with E-state index in [-0.39, 0.29) is 0 Å². The number of rotatable bonds is 4. The number of aryl methyl sites for hydroxylation is 1. The summed E-state index contributed by atoms with van der Waals surface area (Å²) in [6, 6.07) is 11.6. The van der Waals surface area contributed by atoms with Crippen LogP contribution in [0.1, 0.15) is 16.5 Å². The molecule has 1 aromatic heterocycles. The van der Waals surface area contributed by atoms with Gasteiger partial charge in [-0.05, 0) is 30.5 Å². The fraction of sp³-hybridized carbons (Fsp3) is 0.231. The number of aliphatic hydroxyl groups excluding tert-OH is 1. The number of thiophene rings is 1. The van der Waals surface area contributed by atoms with E-state index in [1.165, 1.54) is 16.9 Å². The molecule has 1 N–H and O–H groups in total. The van der Waals surface area contributed by atoms with E-state index in [1.54, 1.807) is 0 Å². The van der Waals surface area contributed by atoms with Gasteiger partial charge in [0.2, 0.25) is 0 Å². The van der Waals surface area contributed by atoms with E-state index in [2.05, 4.69) is 0 Å². The van der Waals surface area contributed by atoms with Crippen molar-refractivity contribution in [3.05, 3.63) is 52.2 Å². The Morgan fingerprint density at radius 1 is 1.25 bits per heavy atom. The van der Waals surface area contributed by atoms with Crippen molar-refractivity contribution < 1.29 is 9.84 Å². The molecule has 84 valence electrons. The van der Waals surface area contributed by atoms with Crippen LogP contribution >= 0.6 is 11.3 Å². The molecule has 0 aliphatic heterocycles. The lowest BCUT2D eigenvalue weighted by Gasteiger charge is -2.10. The third-order valence-electron chi connectivity index (χ3n) is 2.30. The lowest BCUT2D eigenvalue weighted by Crippen LogP contribution is -2.08. The van der Waals surface area contributed by atoms with Crippen molar-refractivity contribution in [3.63, 3.8) is 0 Å². The van der Waals surface area contributed by atoms with Crippen molar-refractivity contribution in [2.24, 2.45) is 0 Å². The zero-order valence-electron chi connectivity index (χ0n) is 9.09. The summed E-state index contributed by atoms with van der Waals surface area (Å²) in [7, 11) is 0. The van der Waals surface area contributed by atoms with Gasteiger partial charge in [0.25, 0.3) is 0 Å². The van der Waals surface area contributed by atoms with Crippen molar-refractivity contribution in [1.82, 2.24) is 0 Å². The third kappa shape index (κ3) is 2.84. The Morgan fingerprint density at radius 3 is 2.62 bits per heavy atom. The molecule has 2 rings (SSSR count). The highest BCUT2D eigenvalue weighted by molar-refractivity contribution is 7.10. The van der Waals surface area contributed by atoms with Crippen LogP contribution in [0.3, 0.4) is 0 Å². The molecule has 3 heteroatoms. The molecule has 0 amide bonds. The fourth-order valence-electron chi connectivity index (χ4n) is 1.37. The van der Waals surface area contributed by atoms with Crippen LogP contribution in [0.15, 0.2) is 41.8 Å². The highest BCUT2D eigenvalue weighted by Crippen LogP contribution is 2.20. The summed E-state index contributed by atoms with van der Waals surface area (Å²) >= 11 is 1.54. The molecule has 16 heavy (non-hydrogen) atoms. The molecule has 0 fully saturated rings. The van der Waals surface area contributed by atoms with Crippen LogP contribution in [0.25, 0.3) is 0 Å². The van der Waals surface area contributed by atoms with E-state index in [4.69, 9.17) is 4.74 Å². The van der Waals surface area contributed by atoms with Crippen molar-refractivity contribution in [2.45, 2.75) is 13.0 Å². The minimum Gasteiger partial charge on any atom is -0.490 e. The molecule has 0 radical (unpaired) electrons. The zero-order chi connectivity index (χ0) is 11.4. The van der Waals surface area contributed by atoms with Crippen molar-refractivity contribution in [2.75, 3.05) is 6.61 Å². The largest absolute Gasteiger partial charge is 0.490 e. The number of hydrogen-bond donors (Lipinski definition) is 1. The van der Waals surface area contributed by atoms with Crippen LogP contribution in [0, 0.1) is 6.92 Å². The van der Waals surface area contributed by atoms with Crippen LogP contribution in [-0.2, 0) is 0 Å². The van der Waals surface area contributed by atoms with E-state index < -0.39 is 6.10 Å². The van der Waals surface area contributed by atoms with E-state index >= 15 is 0 Å². The van der Waals surface area contributed by atoms with Gasteiger partial charge in [0.15, 0.2) is 0 Å². The quantitative estimate of drug-likeness (QED) is 0.880. The Balaban J connectivity index is 1.90. The summed E-state index contributed by atoms with van der Waals surface area (Å²) in [5, 5.41) is 11.8. The van der Waals surface area contributed by atoms with E-state index in [9.17, 15) is 5.11 Å². The molecule has 1 heterocycles. The van der Waals surface area contributed by atoms with Crippen LogP contribution in [0.5, 0.6) is 5.75 Å². The van der Waals surface area contributed by atoms with E-state index in [1.807, 2.05) is 48.7 Å². The molecule has 1 aromatic carbocycles. The molecular formula is C13H14O2S. The highest BCUT2D eigenvalue weighted by atomic mass is 32.1. The first-order valence-electron chi connectivity index (χ1n) is 5.16. The Hall–Kier alpha value is -1.32. The second-order valence-corrected chi connectivity index (χ2v) is 4.63. The number of hydrogen-bond acceptors (Lipinski definition) is 3. The van der Waals surface area contributed by atoms with Gasteiger partial charge in [-0.3, -0.25) is 0 Å². The van der Waals surface area contributed by atoms with Gasteiger partial charge in [-0.15, -0.1) is 11.3 Å². The van der Waals surface area contributed by atoms with Gasteiger partial charge in [0, 0.05) is 4.88 Å². The molecule has 0 saturated heterocycles. The molecule has 0 bridgehead atoms. The van der Waals surface area contributed by atoms with Gasteiger partial charge in [-0.2, -0.15) is 0 Å². The topological polar surface area (TPSA) is 29.5 Å². The lowest BCUT2D eigenvalue weighted by atomic mass is 10.2. The summed E-state index contributed by atoms with van der Waals surface area (Å²) in [4.78, 5) is 0.937. The lowest BCUT2D eigenvalue weighted by molar-refractivity contribution is 0.111. The average molecular weight is 234 g/mol. The molecule has 1 unspecified atom stereocenters. The van der Waals surface area contributed by atoms with E-state index in [0.29, 0.717) is 6.61 Å². The van der Waals surface area contributed by atoms with Gasteiger partial charge in [0.1, 0.15) is 18.5 Å². The average Bonchev–Trinajstić information content (AvgIpc) is 2.81.